The van der Waals surface area contributed by atoms with Gasteiger partial charge in [0.15, 0.2) is 6.54 Å². The van der Waals surface area contributed by atoms with Gasteiger partial charge in [-0.25, -0.2) is 0 Å². The maximum atomic E-state index is 12.3. The number of carbonyl (C=O) groups excluding carboxylic acids is 1. The topological polar surface area (TPSA) is 57.3 Å². The number of hydrogen-bond donors (Lipinski definition) is 2. The zero-order valence-corrected chi connectivity index (χ0v) is 13.2. The van der Waals surface area contributed by atoms with Gasteiger partial charge < -0.3 is 10.2 Å². The predicted octanol–water partition coefficient (Wildman–Crippen LogP) is 0.890. The van der Waals surface area contributed by atoms with Gasteiger partial charge >= 0.3 is 0 Å². The number of piperidine rings is 1. The van der Waals surface area contributed by atoms with Crippen LogP contribution in [0.1, 0.15) is 51.9 Å². The van der Waals surface area contributed by atoms with E-state index in [1.54, 1.807) is 0 Å². The van der Waals surface area contributed by atoms with Crippen molar-refractivity contribution in [1.29, 1.82) is 5.26 Å². The number of nitrogens with one attached hydrogen (secondary N) is 2. The number of amides is 1. The van der Waals surface area contributed by atoms with E-state index in [0.29, 0.717) is 12.5 Å². The van der Waals surface area contributed by atoms with Gasteiger partial charge in [0.25, 0.3) is 5.91 Å². The van der Waals surface area contributed by atoms with Gasteiger partial charge in [0.1, 0.15) is 5.54 Å². The molecule has 0 aromatic rings. The normalized spacial score (nSPS) is 35.1. The average molecular weight is 290 g/mol. The molecule has 1 heterocycles. The number of nitriles is 1. The van der Waals surface area contributed by atoms with Gasteiger partial charge in [0.05, 0.1) is 19.2 Å². The summed E-state index contributed by atoms with van der Waals surface area (Å²) < 4.78 is 0. The van der Waals surface area contributed by atoms with Crippen molar-refractivity contribution < 1.29 is 9.69 Å². The van der Waals surface area contributed by atoms with Crippen molar-refractivity contribution in [1.82, 2.24) is 5.32 Å². The minimum atomic E-state index is -0.639. The van der Waals surface area contributed by atoms with Crippen molar-refractivity contribution in [2.24, 2.45) is 17.8 Å². The smallest absolute Gasteiger partial charge is 0.276 e. The maximum absolute atomic E-state index is 12.3. The Morgan fingerprint density at radius 1 is 1.24 bits per heavy atom. The molecular formula is C17H28N3O+. The van der Waals surface area contributed by atoms with Crippen LogP contribution in [-0.2, 0) is 4.79 Å². The Morgan fingerprint density at radius 2 is 1.95 bits per heavy atom. The molecule has 4 atom stereocenters. The predicted molar refractivity (Wildman–Crippen MR) is 80.5 cm³/mol. The highest BCUT2D eigenvalue weighted by Crippen LogP contribution is 2.39. The summed E-state index contributed by atoms with van der Waals surface area (Å²) in [6, 6.07) is 2.31. The Kier molecular flexibility index (Phi) is 4.21. The van der Waals surface area contributed by atoms with Gasteiger partial charge in [-0.2, -0.15) is 5.26 Å². The largest absolute Gasteiger partial charge is 0.333 e. The van der Waals surface area contributed by atoms with Crippen LogP contribution in [0, 0.1) is 29.1 Å². The summed E-state index contributed by atoms with van der Waals surface area (Å²) in [5, 5.41) is 12.3. The van der Waals surface area contributed by atoms with E-state index < -0.39 is 5.54 Å². The Labute approximate surface area is 127 Å². The Morgan fingerprint density at radius 3 is 2.62 bits per heavy atom. The second kappa shape index (κ2) is 5.96. The van der Waals surface area contributed by atoms with Gasteiger partial charge in [0.2, 0.25) is 0 Å². The fraction of sp³-hybridized carbons (Fsp3) is 0.882. The molecule has 3 fully saturated rings. The molecule has 0 radical (unpaired) electrons. The summed E-state index contributed by atoms with van der Waals surface area (Å²) in [6.07, 6.45) is 8.96. The Balaban J connectivity index is 1.50. The van der Waals surface area contributed by atoms with E-state index in [4.69, 9.17) is 0 Å². The lowest BCUT2D eigenvalue weighted by atomic mass is 9.75. The van der Waals surface area contributed by atoms with Gasteiger partial charge in [-0.3, -0.25) is 4.79 Å². The molecule has 1 aliphatic heterocycles. The number of hydrogen-bond acceptors (Lipinski definition) is 2. The molecule has 0 aromatic heterocycles. The van der Waals surface area contributed by atoms with Crippen molar-refractivity contribution in [2.45, 2.75) is 57.4 Å². The molecule has 1 amide bonds. The zero-order valence-electron chi connectivity index (χ0n) is 13.2. The van der Waals surface area contributed by atoms with Gasteiger partial charge in [-0.1, -0.05) is 12.8 Å². The molecule has 4 heteroatoms. The summed E-state index contributed by atoms with van der Waals surface area (Å²) >= 11 is 0. The minimum Gasteiger partial charge on any atom is -0.333 e. The maximum Gasteiger partial charge on any atom is 0.276 e. The molecule has 0 aromatic carbocycles. The monoisotopic (exact) mass is 290 g/mol. The van der Waals surface area contributed by atoms with Crippen LogP contribution in [0.15, 0.2) is 0 Å². The first kappa shape index (κ1) is 14.8. The van der Waals surface area contributed by atoms with Crippen molar-refractivity contribution >= 4 is 5.91 Å². The van der Waals surface area contributed by atoms with Gasteiger partial charge in [-0.05, 0) is 50.9 Å². The van der Waals surface area contributed by atoms with Crippen LogP contribution in [0.3, 0.4) is 0 Å². The van der Waals surface area contributed by atoms with Gasteiger partial charge in [-0.15, -0.1) is 0 Å². The summed E-state index contributed by atoms with van der Waals surface area (Å²) in [5.74, 6) is 2.18. The van der Waals surface area contributed by atoms with E-state index in [9.17, 15) is 10.1 Å². The highest BCUT2D eigenvalue weighted by molar-refractivity contribution is 5.78. The molecule has 0 spiro atoms. The number of fused-ring (bicyclic) bond motifs is 1. The van der Waals surface area contributed by atoms with E-state index in [1.807, 2.05) is 6.92 Å². The fourth-order valence-electron chi connectivity index (χ4n) is 4.40. The standard InChI is InChI=1S/C17H27N3O/c1-17(12-18,15-6-7-15)19-16(21)11-20-9-8-13-4-2-3-5-14(13)10-20/h13-15H,2-11H2,1H3,(H,19,21)/p+1/t13-,14+,17-/m0/s1. The molecule has 2 aliphatic carbocycles. The highest BCUT2D eigenvalue weighted by Gasteiger charge is 2.43. The van der Waals surface area contributed by atoms with E-state index in [-0.39, 0.29) is 5.91 Å². The van der Waals surface area contributed by atoms with Crippen molar-refractivity contribution in [3.05, 3.63) is 0 Å². The van der Waals surface area contributed by atoms with Crippen LogP contribution in [0.5, 0.6) is 0 Å². The molecule has 2 N–H and O–H groups in total. The Hall–Kier alpha value is -1.08. The van der Waals surface area contributed by atoms with Gasteiger partial charge in [0, 0.05) is 5.92 Å². The molecule has 1 saturated heterocycles. The molecule has 3 aliphatic rings. The minimum absolute atomic E-state index is 0.0650. The SMILES string of the molecule is C[C@@](C#N)(NC(=O)C[NH+]1CC[C@@H]2CCCC[C@@H]2C1)C1CC1. The molecule has 3 rings (SSSR count). The first-order chi connectivity index (χ1) is 10.1. The quantitative estimate of drug-likeness (QED) is 0.808. The molecule has 21 heavy (non-hydrogen) atoms. The summed E-state index contributed by atoms with van der Waals surface area (Å²) in [6.45, 7) is 4.71. The second-order valence-electron chi connectivity index (χ2n) is 7.61. The van der Waals surface area contributed by atoms with E-state index in [0.717, 1.165) is 37.8 Å². The number of likely N-dealkylation sites (tertiary alicyclic amines) is 1. The lowest BCUT2D eigenvalue weighted by Crippen LogP contribution is -3.15. The third-order valence-electron chi connectivity index (χ3n) is 5.92. The summed E-state index contributed by atoms with van der Waals surface area (Å²) in [7, 11) is 0. The van der Waals surface area contributed by atoms with Crippen LogP contribution in [0.25, 0.3) is 0 Å². The number of nitrogens with zero attached hydrogens (tertiary/aromatic N) is 1. The van der Waals surface area contributed by atoms with Crippen LogP contribution < -0.4 is 10.2 Å². The number of carbonyl (C=O) groups is 1. The van der Waals surface area contributed by atoms with Crippen LogP contribution in [0.4, 0.5) is 0 Å². The van der Waals surface area contributed by atoms with Crippen molar-refractivity contribution in [2.75, 3.05) is 19.6 Å². The van der Waals surface area contributed by atoms with Crippen LogP contribution in [0.2, 0.25) is 0 Å². The summed E-state index contributed by atoms with van der Waals surface area (Å²) in [5.41, 5.74) is -0.639. The summed E-state index contributed by atoms with van der Waals surface area (Å²) in [4.78, 5) is 13.7. The lowest BCUT2D eigenvalue weighted by molar-refractivity contribution is -0.902. The lowest BCUT2D eigenvalue weighted by Gasteiger charge is -2.38. The van der Waals surface area contributed by atoms with Crippen LogP contribution >= 0.6 is 0 Å². The fourth-order valence-corrected chi connectivity index (χ4v) is 4.40. The molecule has 2 saturated carbocycles. The highest BCUT2D eigenvalue weighted by atomic mass is 16.2. The third kappa shape index (κ3) is 3.40. The molecule has 0 bridgehead atoms. The average Bonchev–Trinajstić information content (AvgIpc) is 3.32. The second-order valence-corrected chi connectivity index (χ2v) is 7.61. The molecule has 4 nitrogen and oxygen atoms in total. The zero-order chi connectivity index (χ0) is 14.9. The first-order valence-electron chi connectivity index (χ1n) is 8.66. The molecule has 1 unspecified atom stereocenters. The molecule has 116 valence electrons. The first-order valence-corrected chi connectivity index (χ1v) is 8.66. The van der Waals surface area contributed by atoms with Crippen LogP contribution in [-0.4, -0.2) is 31.1 Å². The van der Waals surface area contributed by atoms with Crippen molar-refractivity contribution in [3.8, 4) is 6.07 Å². The number of rotatable bonds is 4. The van der Waals surface area contributed by atoms with E-state index in [2.05, 4.69) is 11.4 Å². The number of quaternary nitrogens is 1. The van der Waals surface area contributed by atoms with Crippen molar-refractivity contribution in [3.63, 3.8) is 0 Å². The van der Waals surface area contributed by atoms with E-state index >= 15 is 0 Å². The molecular weight excluding hydrogens is 262 g/mol. The Bertz CT molecular complexity index is 440. The third-order valence-corrected chi connectivity index (χ3v) is 5.92. The van der Waals surface area contributed by atoms with E-state index in [1.165, 1.54) is 37.0 Å².